The van der Waals surface area contributed by atoms with Crippen LogP contribution in [0.25, 0.3) is 0 Å². The van der Waals surface area contributed by atoms with Crippen LogP contribution in [0, 0.1) is 0 Å². The van der Waals surface area contributed by atoms with E-state index in [1.807, 2.05) is 0 Å². The van der Waals surface area contributed by atoms with Gasteiger partial charge >= 0.3 is 0 Å². The third-order valence-electron chi connectivity index (χ3n) is 2.50. The van der Waals surface area contributed by atoms with Crippen molar-refractivity contribution < 1.29 is 14.6 Å². The summed E-state index contributed by atoms with van der Waals surface area (Å²) in [5, 5.41) is 9.07. The molecular weight excluding hydrogens is 234 g/mol. The van der Waals surface area contributed by atoms with Crippen LogP contribution in [-0.4, -0.2) is 55.6 Å². The number of nitrogens with zero attached hydrogens (tertiary/aromatic N) is 3. The van der Waals surface area contributed by atoms with Gasteiger partial charge in [-0.1, -0.05) is 0 Å². The molecule has 18 heavy (non-hydrogen) atoms. The second-order valence-corrected chi connectivity index (χ2v) is 3.85. The molecule has 0 aliphatic heterocycles. The van der Waals surface area contributed by atoms with Crippen molar-refractivity contribution >= 4 is 5.82 Å². The maximum Gasteiger partial charge on any atom is 0.147 e. The highest BCUT2D eigenvalue weighted by molar-refractivity contribution is 5.36. The number of aliphatic hydroxyl groups excluding tert-OH is 1. The molecule has 0 aliphatic rings. The molecule has 1 aromatic heterocycles. The van der Waals surface area contributed by atoms with E-state index in [0.717, 1.165) is 25.3 Å². The molecule has 6 heteroatoms. The Balaban J connectivity index is 2.66. The zero-order valence-corrected chi connectivity index (χ0v) is 11.0. The lowest BCUT2D eigenvalue weighted by atomic mass is 10.3. The highest BCUT2D eigenvalue weighted by Gasteiger charge is 2.08. The van der Waals surface area contributed by atoms with Gasteiger partial charge in [0, 0.05) is 33.9 Å². The van der Waals surface area contributed by atoms with Crippen molar-refractivity contribution in [1.29, 1.82) is 0 Å². The number of aromatic nitrogens is 2. The molecule has 0 unspecified atom stereocenters. The van der Waals surface area contributed by atoms with Gasteiger partial charge in [0.15, 0.2) is 0 Å². The number of hydrogen-bond acceptors (Lipinski definition) is 6. The van der Waals surface area contributed by atoms with E-state index in [4.69, 9.17) is 14.6 Å². The summed E-state index contributed by atoms with van der Waals surface area (Å²) in [7, 11) is 3.36. The van der Waals surface area contributed by atoms with E-state index < -0.39 is 0 Å². The number of ether oxygens (including phenoxy) is 2. The van der Waals surface area contributed by atoms with Gasteiger partial charge in [0.1, 0.15) is 5.82 Å². The first-order chi connectivity index (χ1) is 8.81. The molecule has 1 heterocycles. The van der Waals surface area contributed by atoms with Crippen LogP contribution in [0.5, 0.6) is 0 Å². The Labute approximate surface area is 108 Å². The predicted octanol–water partition coefficient (Wildman–Crippen LogP) is 0.458. The Hall–Kier alpha value is -1.24. The summed E-state index contributed by atoms with van der Waals surface area (Å²) in [4.78, 5) is 10.5. The summed E-state index contributed by atoms with van der Waals surface area (Å²) in [6.45, 7) is 2.79. The third-order valence-corrected chi connectivity index (χ3v) is 2.50. The van der Waals surface area contributed by atoms with Gasteiger partial charge in [-0.15, -0.1) is 0 Å². The molecule has 0 aliphatic carbocycles. The Morgan fingerprint density at radius 1 is 1.17 bits per heavy atom. The van der Waals surface area contributed by atoms with Gasteiger partial charge in [-0.3, -0.25) is 4.98 Å². The van der Waals surface area contributed by atoms with Crippen LogP contribution in [0.1, 0.15) is 12.1 Å². The summed E-state index contributed by atoms with van der Waals surface area (Å²) in [6, 6.07) is 0. The summed E-state index contributed by atoms with van der Waals surface area (Å²) >= 11 is 0. The van der Waals surface area contributed by atoms with Crippen LogP contribution in [-0.2, 0) is 16.1 Å². The molecule has 0 amide bonds. The van der Waals surface area contributed by atoms with E-state index in [0.29, 0.717) is 18.9 Å². The topological polar surface area (TPSA) is 67.7 Å². The quantitative estimate of drug-likeness (QED) is 0.647. The first kappa shape index (κ1) is 14.8. The van der Waals surface area contributed by atoms with Crippen molar-refractivity contribution in [1.82, 2.24) is 9.97 Å². The average molecular weight is 255 g/mol. The second kappa shape index (κ2) is 8.79. The molecule has 1 N–H and O–H groups in total. The van der Waals surface area contributed by atoms with Gasteiger partial charge in [-0.25, -0.2) is 4.98 Å². The molecule has 0 saturated heterocycles. The molecule has 0 radical (unpaired) electrons. The van der Waals surface area contributed by atoms with Crippen molar-refractivity contribution in [2.45, 2.75) is 13.0 Å². The minimum atomic E-state index is -0.100. The lowest BCUT2D eigenvalue weighted by Crippen LogP contribution is -2.30. The van der Waals surface area contributed by atoms with Crippen LogP contribution in [0.4, 0.5) is 5.82 Å². The Kier molecular flexibility index (Phi) is 7.24. The number of methoxy groups -OCH3 is 2. The standard InChI is InChI=1S/C12H21N3O3/c1-17-6-3-4-15(5-7-18-2)12-9-13-8-11(10-16)14-12/h8-9,16H,3-7,10H2,1-2H3. The van der Waals surface area contributed by atoms with Crippen LogP contribution in [0.2, 0.25) is 0 Å². The molecule has 0 bridgehead atoms. The molecular formula is C12H21N3O3. The van der Waals surface area contributed by atoms with Crippen LogP contribution < -0.4 is 4.90 Å². The van der Waals surface area contributed by atoms with Crippen LogP contribution >= 0.6 is 0 Å². The molecule has 1 aromatic rings. The highest BCUT2D eigenvalue weighted by atomic mass is 16.5. The summed E-state index contributed by atoms with van der Waals surface area (Å²) in [6.07, 6.45) is 4.17. The maximum atomic E-state index is 9.07. The first-order valence-corrected chi connectivity index (χ1v) is 5.96. The van der Waals surface area contributed by atoms with Gasteiger partial charge < -0.3 is 19.5 Å². The molecule has 6 nitrogen and oxygen atoms in total. The minimum Gasteiger partial charge on any atom is -0.390 e. The SMILES string of the molecule is COCCCN(CCOC)c1cncc(CO)n1. The number of rotatable bonds is 9. The van der Waals surface area contributed by atoms with E-state index in [1.54, 1.807) is 26.6 Å². The van der Waals surface area contributed by atoms with Crippen molar-refractivity contribution in [3.8, 4) is 0 Å². The van der Waals surface area contributed by atoms with Gasteiger partial charge in [0.2, 0.25) is 0 Å². The van der Waals surface area contributed by atoms with Crippen molar-refractivity contribution in [2.24, 2.45) is 0 Å². The molecule has 0 spiro atoms. The molecule has 0 atom stereocenters. The van der Waals surface area contributed by atoms with Crippen LogP contribution in [0.15, 0.2) is 12.4 Å². The Bertz CT molecular complexity index is 336. The summed E-state index contributed by atoms with van der Waals surface area (Å²) in [5.41, 5.74) is 0.571. The molecule has 0 aromatic carbocycles. The van der Waals surface area contributed by atoms with Crippen LogP contribution in [0.3, 0.4) is 0 Å². The van der Waals surface area contributed by atoms with Crippen molar-refractivity contribution in [2.75, 3.05) is 45.4 Å². The van der Waals surface area contributed by atoms with Gasteiger partial charge in [0.05, 0.1) is 31.3 Å². The normalized spacial score (nSPS) is 10.6. The first-order valence-electron chi connectivity index (χ1n) is 5.96. The number of hydrogen-bond donors (Lipinski definition) is 1. The largest absolute Gasteiger partial charge is 0.390 e. The predicted molar refractivity (Wildman–Crippen MR) is 68.5 cm³/mol. The lowest BCUT2D eigenvalue weighted by Gasteiger charge is -2.23. The average Bonchev–Trinajstić information content (AvgIpc) is 2.42. The fourth-order valence-electron chi connectivity index (χ4n) is 1.57. The lowest BCUT2D eigenvalue weighted by molar-refractivity contribution is 0.190. The Morgan fingerprint density at radius 2 is 1.94 bits per heavy atom. The fourth-order valence-corrected chi connectivity index (χ4v) is 1.57. The zero-order chi connectivity index (χ0) is 13.2. The van der Waals surface area contributed by atoms with Gasteiger partial charge in [-0.2, -0.15) is 0 Å². The molecule has 1 rings (SSSR count). The Morgan fingerprint density at radius 3 is 2.61 bits per heavy atom. The van der Waals surface area contributed by atoms with Crippen molar-refractivity contribution in [3.05, 3.63) is 18.1 Å². The molecule has 0 fully saturated rings. The van der Waals surface area contributed by atoms with E-state index in [9.17, 15) is 0 Å². The number of anilines is 1. The summed E-state index contributed by atoms with van der Waals surface area (Å²) in [5.74, 6) is 0.759. The smallest absolute Gasteiger partial charge is 0.147 e. The summed E-state index contributed by atoms with van der Waals surface area (Å²) < 4.78 is 10.1. The second-order valence-electron chi connectivity index (χ2n) is 3.85. The fraction of sp³-hybridized carbons (Fsp3) is 0.667. The van der Waals surface area contributed by atoms with Crippen molar-refractivity contribution in [3.63, 3.8) is 0 Å². The third kappa shape index (κ3) is 4.95. The van der Waals surface area contributed by atoms with Gasteiger partial charge in [-0.05, 0) is 6.42 Å². The van der Waals surface area contributed by atoms with E-state index in [1.165, 1.54) is 0 Å². The molecule has 0 saturated carbocycles. The minimum absolute atomic E-state index is 0.100. The van der Waals surface area contributed by atoms with E-state index in [2.05, 4.69) is 14.9 Å². The molecule has 102 valence electrons. The highest BCUT2D eigenvalue weighted by Crippen LogP contribution is 2.10. The zero-order valence-electron chi connectivity index (χ0n) is 11.0. The van der Waals surface area contributed by atoms with E-state index in [-0.39, 0.29) is 6.61 Å². The van der Waals surface area contributed by atoms with E-state index >= 15 is 0 Å². The maximum absolute atomic E-state index is 9.07. The number of aliphatic hydroxyl groups is 1. The monoisotopic (exact) mass is 255 g/mol. The van der Waals surface area contributed by atoms with Gasteiger partial charge in [0.25, 0.3) is 0 Å².